The van der Waals surface area contributed by atoms with Gasteiger partial charge in [-0.15, -0.1) is 0 Å². The summed E-state index contributed by atoms with van der Waals surface area (Å²) in [6.45, 7) is 0. The molecule has 1 unspecified atom stereocenters. The molecule has 1 fully saturated rings. The summed E-state index contributed by atoms with van der Waals surface area (Å²) in [5.41, 5.74) is 9.36. The first-order valence-corrected chi connectivity index (χ1v) is 6.71. The van der Waals surface area contributed by atoms with Crippen LogP contribution in [-0.2, 0) is 4.79 Å². The lowest BCUT2D eigenvalue weighted by Gasteiger charge is -2.24. The van der Waals surface area contributed by atoms with E-state index >= 15 is 0 Å². The Morgan fingerprint density at radius 1 is 1.26 bits per heavy atom. The van der Waals surface area contributed by atoms with Crippen LogP contribution in [0.15, 0.2) is 35.4 Å². The molecule has 0 spiro atoms. The van der Waals surface area contributed by atoms with E-state index in [0.29, 0.717) is 0 Å². The third-order valence-electron chi connectivity index (χ3n) is 3.48. The Labute approximate surface area is 112 Å². The van der Waals surface area contributed by atoms with E-state index in [1.807, 2.05) is 18.2 Å². The Hall–Kier alpha value is -2.00. The molecule has 5 nitrogen and oxygen atoms in total. The fraction of sp³-hybridized carbons (Fsp3) is 0.500. The second-order valence-electron chi connectivity index (χ2n) is 4.86. The van der Waals surface area contributed by atoms with E-state index in [2.05, 4.69) is 15.3 Å². The van der Waals surface area contributed by atoms with Crippen LogP contribution in [0.4, 0.5) is 0 Å². The summed E-state index contributed by atoms with van der Waals surface area (Å²) in [6.07, 6.45) is 5.59. The summed E-state index contributed by atoms with van der Waals surface area (Å²) in [5, 5.41) is 6.63. The maximum atomic E-state index is 12.2. The molecular formula is C14H18N4O. The molecule has 1 aliphatic rings. The number of carbonyl (C=O) groups excluding carboxylic acids is 1. The normalized spacial score (nSPS) is 17.3. The van der Waals surface area contributed by atoms with Gasteiger partial charge >= 0.3 is 0 Å². The maximum Gasteiger partial charge on any atom is 0.233 e. The smallest absolute Gasteiger partial charge is 0.233 e. The number of hydrogen-bond donors (Lipinski definition) is 1. The molecule has 0 radical (unpaired) electrons. The molecule has 1 amide bonds. The van der Waals surface area contributed by atoms with Crippen molar-refractivity contribution < 1.29 is 4.79 Å². The number of amides is 1. The number of carbonyl (C=O) groups is 1. The molecule has 5 heteroatoms. The van der Waals surface area contributed by atoms with Crippen molar-refractivity contribution in [2.24, 2.45) is 5.11 Å². The van der Waals surface area contributed by atoms with Crippen molar-refractivity contribution in [3.63, 3.8) is 0 Å². The van der Waals surface area contributed by atoms with Crippen LogP contribution in [0.2, 0.25) is 0 Å². The molecule has 19 heavy (non-hydrogen) atoms. The summed E-state index contributed by atoms with van der Waals surface area (Å²) < 4.78 is 0. The van der Waals surface area contributed by atoms with Gasteiger partial charge in [-0.3, -0.25) is 4.79 Å². The summed E-state index contributed by atoms with van der Waals surface area (Å²) >= 11 is 0. The lowest BCUT2D eigenvalue weighted by Crippen LogP contribution is -2.38. The van der Waals surface area contributed by atoms with E-state index in [9.17, 15) is 4.79 Å². The first-order valence-electron chi connectivity index (χ1n) is 6.71. The average molecular weight is 258 g/mol. The lowest BCUT2D eigenvalue weighted by atomic mass is 9.95. The first kappa shape index (κ1) is 13.4. The predicted octanol–water partition coefficient (Wildman–Crippen LogP) is 3.49. The number of rotatable bonds is 4. The minimum Gasteiger partial charge on any atom is -0.353 e. The average Bonchev–Trinajstić information content (AvgIpc) is 2.46. The van der Waals surface area contributed by atoms with Crippen molar-refractivity contribution in [3.8, 4) is 0 Å². The highest BCUT2D eigenvalue weighted by Gasteiger charge is 2.22. The van der Waals surface area contributed by atoms with Crippen molar-refractivity contribution in [1.29, 1.82) is 0 Å². The summed E-state index contributed by atoms with van der Waals surface area (Å²) in [5.74, 6) is -0.198. The highest BCUT2D eigenvalue weighted by atomic mass is 16.2. The third-order valence-corrected chi connectivity index (χ3v) is 3.48. The number of nitrogens with zero attached hydrogens (tertiary/aromatic N) is 3. The topological polar surface area (TPSA) is 77.9 Å². The maximum absolute atomic E-state index is 12.2. The molecular weight excluding hydrogens is 240 g/mol. The van der Waals surface area contributed by atoms with Crippen molar-refractivity contribution in [3.05, 3.63) is 46.3 Å². The van der Waals surface area contributed by atoms with Gasteiger partial charge in [0.2, 0.25) is 5.91 Å². The summed E-state index contributed by atoms with van der Waals surface area (Å²) in [4.78, 5) is 15.0. The second-order valence-corrected chi connectivity index (χ2v) is 4.86. The van der Waals surface area contributed by atoms with Gasteiger partial charge in [-0.1, -0.05) is 54.7 Å². The third kappa shape index (κ3) is 3.73. The van der Waals surface area contributed by atoms with Gasteiger partial charge in [0.1, 0.15) is 6.04 Å². The van der Waals surface area contributed by atoms with Crippen molar-refractivity contribution >= 4 is 5.91 Å². The van der Waals surface area contributed by atoms with E-state index in [1.54, 1.807) is 12.1 Å². The Kier molecular flexibility index (Phi) is 4.81. The van der Waals surface area contributed by atoms with Crippen LogP contribution in [0.25, 0.3) is 10.4 Å². The fourth-order valence-electron chi connectivity index (χ4n) is 2.48. The van der Waals surface area contributed by atoms with Crippen molar-refractivity contribution in [1.82, 2.24) is 5.32 Å². The van der Waals surface area contributed by atoms with Gasteiger partial charge in [0.15, 0.2) is 0 Å². The molecule has 0 aromatic heterocycles. The zero-order valence-corrected chi connectivity index (χ0v) is 10.8. The minimum absolute atomic E-state index is 0.198. The van der Waals surface area contributed by atoms with E-state index in [1.165, 1.54) is 6.42 Å². The van der Waals surface area contributed by atoms with Gasteiger partial charge in [-0.2, -0.15) is 0 Å². The predicted molar refractivity (Wildman–Crippen MR) is 73.3 cm³/mol. The van der Waals surface area contributed by atoms with E-state index in [4.69, 9.17) is 5.53 Å². The molecule has 1 aromatic carbocycles. The van der Waals surface area contributed by atoms with Crippen molar-refractivity contribution in [2.45, 2.75) is 44.2 Å². The lowest BCUT2D eigenvalue weighted by molar-refractivity contribution is -0.123. The minimum atomic E-state index is -0.770. The van der Waals surface area contributed by atoms with Gasteiger partial charge in [0.05, 0.1) is 0 Å². The van der Waals surface area contributed by atoms with Crippen LogP contribution in [0.5, 0.6) is 0 Å². The molecule has 1 atom stereocenters. The zero-order valence-electron chi connectivity index (χ0n) is 10.8. The second kappa shape index (κ2) is 6.81. The van der Waals surface area contributed by atoms with Gasteiger partial charge in [-0.25, -0.2) is 0 Å². The highest BCUT2D eigenvalue weighted by molar-refractivity contribution is 5.83. The Morgan fingerprint density at radius 3 is 2.58 bits per heavy atom. The van der Waals surface area contributed by atoms with E-state index in [0.717, 1.165) is 31.2 Å². The molecule has 2 rings (SSSR count). The van der Waals surface area contributed by atoms with Crippen LogP contribution in [0.1, 0.15) is 43.7 Å². The van der Waals surface area contributed by atoms with Gasteiger partial charge in [-0.05, 0) is 23.9 Å². The van der Waals surface area contributed by atoms with E-state index < -0.39 is 6.04 Å². The number of benzene rings is 1. The van der Waals surface area contributed by atoms with Crippen LogP contribution >= 0.6 is 0 Å². The molecule has 1 aliphatic carbocycles. The molecule has 0 saturated heterocycles. The van der Waals surface area contributed by atoms with Gasteiger partial charge in [0, 0.05) is 11.0 Å². The molecule has 1 N–H and O–H groups in total. The molecule has 1 saturated carbocycles. The Bertz CT molecular complexity index is 462. The van der Waals surface area contributed by atoms with Crippen LogP contribution < -0.4 is 5.32 Å². The summed E-state index contributed by atoms with van der Waals surface area (Å²) in [6, 6.07) is 8.61. The first-order chi connectivity index (χ1) is 9.31. The SMILES string of the molecule is [N-]=[N+]=NC(C(=O)NC1CCCCC1)c1ccccc1. The summed E-state index contributed by atoms with van der Waals surface area (Å²) in [7, 11) is 0. The largest absolute Gasteiger partial charge is 0.353 e. The number of azide groups is 1. The van der Waals surface area contributed by atoms with E-state index in [-0.39, 0.29) is 11.9 Å². The molecule has 100 valence electrons. The molecule has 0 bridgehead atoms. The number of hydrogen-bond acceptors (Lipinski definition) is 2. The standard InChI is InChI=1S/C14H18N4O/c15-18-17-13(11-7-3-1-4-8-11)14(19)16-12-9-5-2-6-10-12/h1,3-4,7-8,12-13H,2,5-6,9-10H2,(H,16,19). The molecule has 0 heterocycles. The van der Waals surface area contributed by atoms with Crippen LogP contribution in [0.3, 0.4) is 0 Å². The highest BCUT2D eigenvalue weighted by Crippen LogP contribution is 2.21. The Morgan fingerprint density at radius 2 is 1.95 bits per heavy atom. The zero-order chi connectivity index (χ0) is 13.5. The van der Waals surface area contributed by atoms with Gasteiger partial charge in [0.25, 0.3) is 0 Å². The Balaban J connectivity index is 2.06. The van der Waals surface area contributed by atoms with Gasteiger partial charge < -0.3 is 5.32 Å². The molecule has 0 aliphatic heterocycles. The van der Waals surface area contributed by atoms with Crippen LogP contribution in [0, 0.1) is 0 Å². The quantitative estimate of drug-likeness (QED) is 0.501. The number of nitrogens with one attached hydrogen (secondary N) is 1. The monoisotopic (exact) mass is 258 g/mol. The van der Waals surface area contributed by atoms with Crippen LogP contribution in [-0.4, -0.2) is 11.9 Å². The fourth-order valence-corrected chi connectivity index (χ4v) is 2.48. The molecule has 1 aromatic rings. The van der Waals surface area contributed by atoms with Crippen molar-refractivity contribution in [2.75, 3.05) is 0 Å².